The molecule has 1 aliphatic rings. The number of sulfonamides is 1. The first-order valence-electron chi connectivity index (χ1n) is 13.7. The Morgan fingerprint density at radius 1 is 0.976 bits per heavy atom. The van der Waals surface area contributed by atoms with Gasteiger partial charge in [0, 0.05) is 25.6 Å². The van der Waals surface area contributed by atoms with Gasteiger partial charge in [0.15, 0.2) is 11.5 Å². The van der Waals surface area contributed by atoms with Gasteiger partial charge in [-0.15, -0.1) is 0 Å². The number of carbonyl (C=O) groups is 2. The Bertz CT molecular complexity index is 1460. The van der Waals surface area contributed by atoms with E-state index in [1.165, 1.54) is 4.90 Å². The summed E-state index contributed by atoms with van der Waals surface area (Å²) >= 11 is 0. The highest BCUT2D eigenvalue weighted by molar-refractivity contribution is 7.92. The van der Waals surface area contributed by atoms with Crippen molar-refractivity contribution in [1.29, 1.82) is 0 Å². The zero-order valence-corrected chi connectivity index (χ0v) is 24.5. The van der Waals surface area contributed by atoms with Crippen LogP contribution in [-0.4, -0.2) is 57.3 Å². The van der Waals surface area contributed by atoms with Gasteiger partial charge >= 0.3 is 0 Å². The van der Waals surface area contributed by atoms with E-state index in [9.17, 15) is 18.0 Å². The number of nitrogens with zero attached hydrogens (tertiary/aromatic N) is 2. The number of nitrogens with one attached hydrogen (secondary N) is 1. The number of benzene rings is 3. The number of ether oxygens (including phenoxy) is 2. The van der Waals surface area contributed by atoms with E-state index in [4.69, 9.17) is 9.47 Å². The summed E-state index contributed by atoms with van der Waals surface area (Å²) in [5, 5.41) is 2.99. The summed E-state index contributed by atoms with van der Waals surface area (Å²) in [7, 11) is -3.88. The Kier molecular flexibility index (Phi) is 9.88. The number of aryl methyl sites for hydroxylation is 1. The van der Waals surface area contributed by atoms with E-state index in [0.29, 0.717) is 18.0 Å². The van der Waals surface area contributed by atoms with E-state index >= 15 is 0 Å². The molecule has 1 aliphatic heterocycles. The number of unbranched alkanes of at least 4 members (excludes halogenated alkanes) is 1. The Balaban J connectivity index is 1.72. The van der Waals surface area contributed by atoms with Gasteiger partial charge in [-0.1, -0.05) is 67.9 Å². The third-order valence-corrected chi connectivity index (χ3v) is 8.17. The smallest absolute Gasteiger partial charge is 0.244 e. The monoisotopic (exact) mass is 579 g/mol. The molecule has 3 aromatic rings. The molecule has 0 unspecified atom stereocenters. The highest BCUT2D eigenvalue weighted by Gasteiger charge is 2.33. The Morgan fingerprint density at radius 3 is 2.39 bits per heavy atom. The Hall–Kier alpha value is -4.05. The minimum atomic E-state index is -3.88. The van der Waals surface area contributed by atoms with Crippen LogP contribution in [0.25, 0.3) is 0 Å². The Morgan fingerprint density at radius 2 is 1.68 bits per heavy atom. The summed E-state index contributed by atoms with van der Waals surface area (Å²) in [4.78, 5) is 29.3. The zero-order chi connectivity index (χ0) is 29.4. The van der Waals surface area contributed by atoms with Crippen LogP contribution in [0.1, 0.15) is 36.5 Å². The van der Waals surface area contributed by atoms with E-state index in [0.717, 1.165) is 40.1 Å². The van der Waals surface area contributed by atoms with Crippen LogP contribution in [0.2, 0.25) is 0 Å². The van der Waals surface area contributed by atoms with Crippen molar-refractivity contribution >= 4 is 27.5 Å². The van der Waals surface area contributed by atoms with Gasteiger partial charge in [-0.2, -0.15) is 0 Å². The molecule has 0 saturated carbocycles. The van der Waals surface area contributed by atoms with E-state index in [1.807, 2.05) is 68.4 Å². The highest BCUT2D eigenvalue weighted by atomic mass is 32.2. The first-order chi connectivity index (χ1) is 19.7. The average Bonchev–Trinajstić information content (AvgIpc) is 3.42. The molecule has 0 radical (unpaired) electrons. The van der Waals surface area contributed by atoms with Crippen LogP contribution in [0.4, 0.5) is 5.69 Å². The van der Waals surface area contributed by atoms with Crippen molar-refractivity contribution in [3.63, 3.8) is 0 Å². The lowest BCUT2D eigenvalue weighted by Gasteiger charge is -2.34. The number of carbonyl (C=O) groups excluding carboxylic acids is 2. The lowest BCUT2D eigenvalue weighted by molar-refractivity contribution is -0.140. The SMILES string of the molecule is CCCCNC(=O)[C@@H](Cc1ccccc1)N(Cc1ccccc1C)C(=O)CN(c1ccc2c(c1)OCO2)S(C)(=O)=O. The number of amides is 2. The van der Waals surface area contributed by atoms with Crippen LogP contribution >= 0.6 is 0 Å². The number of hydrogen-bond acceptors (Lipinski definition) is 6. The lowest BCUT2D eigenvalue weighted by atomic mass is 10.0. The van der Waals surface area contributed by atoms with Crippen LogP contribution in [-0.2, 0) is 32.6 Å². The van der Waals surface area contributed by atoms with Gasteiger partial charge in [-0.3, -0.25) is 13.9 Å². The van der Waals surface area contributed by atoms with Crippen LogP contribution in [0.15, 0.2) is 72.8 Å². The number of rotatable bonds is 13. The van der Waals surface area contributed by atoms with E-state index in [1.54, 1.807) is 18.2 Å². The van der Waals surface area contributed by atoms with E-state index < -0.39 is 28.5 Å². The molecule has 0 saturated heterocycles. The van der Waals surface area contributed by atoms with Crippen LogP contribution < -0.4 is 19.1 Å². The van der Waals surface area contributed by atoms with E-state index in [-0.39, 0.29) is 31.4 Å². The first-order valence-corrected chi connectivity index (χ1v) is 15.5. The fourth-order valence-electron chi connectivity index (χ4n) is 4.69. The summed E-state index contributed by atoms with van der Waals surface area (Å²) < 4.78 is 37.8. The molecular weight excluding hydrogens is 542 g/mol. The van der Waals surface area contributed by atoms with Crippen molar-refractivity contribution in [2.45, 2.75) is 45.7 Å². The van der Waals surface area contributed by atoms with Gasteiger partial charge in [0.05, 0.1) is 11.9 Å². The third-order valence-electron chi connectivity index (χ3n) is 7.03. The van der Waals surface area contributed by atoms with Gasteiger partial charge in [-0.25, -0.2) is 8.42 Å². The molecule has 218 valence electrons. The normalized spacial score (nSPS) is 13.0. The molecule has 0 fully saturated rings. The van der Waals surface area contributed by atoms with Crippen LogP contribution in [0.3, 0.4) is 0 Å². The second kappa shape index (κ2) is 13.5. The topological polar surface area (TPSA) is 105 Å². The molecule has 1 atom stereocenters. The van der Waals surface area contributed by atoms with Gasteiger partial charge in [0.2, 0.25) is 28.6 Å². The molecule has 41 heavy (non-hydrogen) atoms. The predicted molar refractivity (Wildman–Crippen MR) is 158 cm³/mol. The van der Waals surface area contributed by atoms with Gasteiger partial charge in [-0.05, 0) is 42.2 Å². The molecule has 1 N–H and O–H groups in total. The maximum atomic E-state index is 14.2. The van der Waals surface area contributed by atoms with Gasteiger partial charge in [0.1, 0.15) is 12.6 Å². The van der Waals surface area contributed by atoms with Crippen molar-refractivity contribution in [3.8, 4) is 11.5 Å². The zero-order valence-electron chi connectivity index (χ0n) is 23.7. The largest absolute Gasteiger partial charge is 0.454 e. The first kappa shape index (κ1) is 29.9. The molecule has 0 aromatic heterocycles. The predicted octanol–water partition coefficient (Wildman–Crippen LogP) is 4.05. The molecule has 10 heteroatoms. The summed E-state index contributed by atoms with van der Waals surface area (Å²) in [6.45, 7) is 4.16. The molecule has 0 bridgehead atoms. The summed E-state index contributed by atoms with van der Waals surface area (Å²) in [5.41, 5.74) is 2.99. The fraction of sp³-hybridized carbons (Fsp3) is 0.355. The molecule has 4 rings (SSSR count). The van der Waals surface area contributed by atoms with Crippen molar-refractivity contribution in [2.75, 3.05) is 30.4 Å². The third kappa shape index (κ3) is 7.79. The van der Waals surface area contributed by atoms with Crippen LogP contribution in [0.5, 0.6) is 11.5 Å². The average molecular weight is 580 g/mol. The second-order valence-electron chi connectivity index (χ2n) is 10.1. The highest BCUT2D eigenvalue weighted by Crippen LogP contribution is 2.36. The molecule has 2 amide bonds. The number of anilines is 1. The maximum Gasteiger partial charge on any atom is 0.244 e. The summed E-state index contributed by atoms with van der Waals surface area (Å²) in [6.07, 6.45) is 3.05. The molecular formula is C31H37N3O6S. The van der Waals surface area contributed by atoms with Crippen molar-refractivity contribution in [3.05, 3.63) is 89.5 Å². The lowest BCUT2D eigenvalue weighted by Crippen LogP contribution is -2.53. The fourth-order valence-corrected chi connectivity index (χ4v) is 5.53. The summed E-state index contributed by atoms with van der Waals surface area (Å²) in [5.74, 6) is 0.125. The molecule has 3 aromatic carbocycles. The maximum absolute atomic E-state index is 14.2. The van der Waals surface area contributed by atoms with Gasteiger partial charge in [0.25, 0.3) is 0 Å². The number of fused-ring (bicyclic) bond motifs is 1. The Labute approximate surface area is 242 Å². The molecule has 1 heterocycles. The summed E-state index contributed by atoms with van der Waals surface area (Å²) in [6, 6.07) is 21.0. The second-order valence-corrected chi connectivity index (χ2v) is 12.0. The number of hydrogen-bond donors (Lipinski definition) is 1. The molecule has 0 aliphatic carbocycles. The quantitative estimate of drug-likeness (QED) is 0.307. The standard InChI is InChI=1S/C31H37N3O6S/c1-4-5-17-32-31(36)27(18-24-12-7-6-8-13-24)33(20-25-14-10-9-11-23(25)2)30(35)21-34(41(3,37)38)26-15-16-28-29(19-26)40-22-39-28/h6-16,19,27H,4-5,17-18,20-22H2,1-3H3,(H,32,36)/t27-/m1/s1. The van der Waals surface area contributed by atoms with Crippen LogP contribution in [0, 0.1) is 6.92 Å². The minimum absolute atomic E-state index is 0.0368. The molecule has 0 spiro atoms. The minimum Gasteiger partial charge on any atom is -0.454 e. The van der Waals surface area contributed by atoms with E-state index in [2.05, 4.69) is 5.32 Å². The van der Waals surface area contributed by atoms with Crippen molar-refractivity contribution in [1.82, 2.24) is 10.2 Å². The molecule has 9 nitrogen and oxygen atoms in total. The van der Waals surface area contributed by atoms with Crippen molar-refractivity contribution in [2.24, 2.45) is 0 Å². The van der Waals surface area contributed by atoms with Gasteiger partial charge < -0.3 is 19.7 Å². The van der Waals surface area contributed by atoms with Crippen molar-refractivity contribution < 1.29 is 27.5 Å².